The van der Waals surface area contributed by atoms with Gasteiger partial charge in [-0.25, -0.2) is 0 Å². The first-order valence-electron chi connectivity index (χ1n) is 7.12. The molecule has 1 heteroatoms. The summed E-state index contributed by atoms with van der Waals surface area (Å²) in [5.74, 6) is 0.727. The Balaban J connectivity index is 2.49. The van der Waals surface area contributed by atoms with E-state index in [2.05, 4.69) is 69.4 Å². The van der Waals surface area contributed by atoms with Crippen LogP contribution in [0.25, 0.3) is 6.08 Å². The van der Waals surface area contributed by atoms with Gasteiger partial charge in [-0.3, -0.25) is 0 Å². The fourth-order valence-electron chi connectivity index (χ4n) is 1.93. The molecule has 1 N–H and O–H groups in total. The van der Waals surface area contributed by atoms with Gasteiger partial charge in [0.1, 0.15) is 0 Å². The van der Waals surface area contributed by atoms with E-state index >= 15 is 0 Å². The smallest absolute Gasteiger partial charge is 0.0224 e. The Morgan fingerprint density at radius 3 is 2.33 bits per heavy atom. The van der Waals surface area contributed by atoms with Crippen molar-refractivity contribution in [3.8, 4) is 0 Å². The van der Waals surface area contributed by atoms with Crippen LogP contribution in [0, 0.1) is 5.92 Å². The molecule has 1 rings (SSSR count). The first-order chi connectivity index (χ1) is 8.61. The zero-order valence-corrected chi connectivity index (χ0v) is 12.2. The van der Waals surface area contributed by atoms with Crippen molar-refractivity contribution < 1.29 is 0 Å². The lowest BCUT2D eigenvalue weighted by Crippen LogP contribution is -2.24. The Hall–Kier alpha value is -1.08. The molecule has 0 aliphatic rings. The highest BCUT2D eigenvalue weighted by Crippen LogP contribution is 2.11. The molecule has 1 nitrogen and oxygen atoms in total. The van der Waals surface area contributed by atoms with Gasteiger partial charge in [0.2, 0.25) is 0 Å². The van der Waals surface area contributed by atoms with E-state index in [0.29, 0.717) is 6.04 Å². The Morgan fingerprint density at radius 2 is 1.78 bits per heavy atom. The number of rotatable bonds is 7. The summed E-state index contributed by atoms with van der Waals surface area (Å²) in [6.07, 6.45) is 6.78. The summed E-state index contributed by atoms with van der Waals surface area (Å²) >= 11 is 0. The van der Waals surface area contributed by atoms with Crippen LogP contribution in [-0.2, 0) is 6.42 Å². The molecule has 0 aliphatic heterocycles. The number of benzene rings is 1. The molecule has 0 spiro atoms. The van der Waals surface area contributed by atoms with E-state index in [1.165, 1.54) is 24.0 Å². The second kappa shape index (κ2) is 8.10. The van der Waals surface area contributed by atoms with Crippen LogP contribution in [0.15, 0.2) is 30.3 Å². The molecule has 0 aromatic heterocycles. The molecular weight excluding hydrogens is 218 g/mol. The van der Waals surface area contributed by atoms with Crippen LogP contribution in [0.3, 0.4) is 0 Å². The maximum atomic E-state index is 3.45. The minimum Gasteiger partial charge on any atom is -0.311 e. The molecule has 1 atom stereocenters. The largest absolute Gasteiger partial charge is 0.311 e. The monoisotopic (exact) mass is 245 g/mol. The Morgan fingerprint density at radius 1 is 1.11 bits per heavy atom. The minimum absolute atomic E-state index is 0.445. The summed E-state index contributed by atoms with van der Waals surface area (Å²) in [7, 11) is 0. The zero-order chi connectivity index (χ0) is 13.4. The molecule has 0 saturated heterocycles. The van der Waals surface area contributed by atoms with Crippen LogP contribution in [0.5, 0.6) is 0 Å². The lowest BCUT2D eigenvalue weighted by atomic mass is 10.0. The van der Waals surface area contributed by atoms with Crippen LogP contribution < -0.4 is 5.32 Å². The summed E-state index contributed by atoms with van der Waals surface area (Å²) in [5, 5.41) is 3.45. The molecule has 18 heavy (non-hydrogen) atoms. The average molecular weight is 245 g/mol. The van der Waals surface area contributed by atoms with Gasteiger partial charge in [0.15, 0.2) is 0 Å². The van der Waals surface area contributed by atoms with E-state index in [4.69, 9.17) is 0 Å². The maximum absolute atomic E-state index is 3.45. The standard InChI is InChI=1S/C17H27N/c1-5-12-18-15(4)6-7-16-8-10-17(11-9-16)13-14(2)3/h6-11,14-15,18H,5,12-13H2,1-4H3/b7-6+. The predicted molar refractivity (Wildman–Crippen MR) is 81.8 cm³/mol. The molecule has 0 amide bonds. The molecule has 1 aromatic carbocycles. The summed E-state index contributed by atoms with van der Waals surface area (Å²) in [5.41, 5.74) is 2.71. The summed E-state index contributed by atoms with van der Waals surface area (Å²) < 4.78 is 0. The van der Waals surface area contributed by atoms with E-state index in [0.717, 1.165) is 12.5 Å². The molecule has 0 bridgehead atoms. The van der Waals surface area contributed by atoms with Crippen molar-refractivity contribution in [1.82, 2.24) is 5.32 Å². The Labute approximate surface area is 112 Å². The van der Waals surface area contributed by atoms with E-state index in [-0.39, 0.29) is 0 Å². The summed E-state index contributed by atoms with van der Waals surface area (Å²) in [4.78, 5) is 0. The highest BCUT2D eigenvalue weighted by atomic mass is 14.9. The molecule has 100 valence electrons. The summed E-state index contributed by atoms with van der Waals surface area (Å²) in [6.45, 7) is 9.98. The third-order valence-corrected chi connectivity index (χ3v) is 2.92. The van der Waals surface area contributed by atoms with Crippen LogP contribution in [0.2, 0.25) is 0 Å². The van der Waals surface area contributed by atoms with Gasteiger partial charge in [0, 0.05) is 6.04 Å². The topological polar surface area (TPSA) is 12.0 Å². The Bertz CT molecular complexity index is 348. The molecule has 1 aromatic rings. The zero-order valence-electron chi connectivity index (χ0n) is 12.2. The van der Waals surface area contributed by atoms with Gasteiger partial charge in [-0.05, 0) is 43.4 Å². The van der Waals surface area contributed by atoms with Gasteiger partial charge < -0.3 is 5.32 Å². The molecule has 0 radical (unpaired) electrons. The van der Waals surface area contributed by atoms with Gasteiger partial charge in [-0.2, -0.15) is 0 Å². The van der Waals surface area contributed by atoms with Crippen molar-refractivity contribution >= 4 is 6.08 Å². The SMILES string of the molecule is CCCNC(C)/C=C/c1ccc(CC(C)C)cc1. The van der Waals surface area contributed by atoms with Crippen LogP contribution in [-0.4, -0.2) is 12.6 Å². The van der Waals surface area contributed by atoms with Crippen LogP contribution >= 0.6 is 0 Å². The van der Waals surface area contributed by atoms with Gasteiger partial charge in [0.05, 0.1) is 0 Å². The maximum Gasteiger partial charge on any atom is 0.0224 e. The fourth-order valence-corrected chi connectivity index (χ4v) is 1.93. The van der Waals surface area contributed by atoms with Crippen LogP contribution in [0.4, 0.5) is 0 Å². The second-order valence-electron chi connectivity index (χ2n) is 5.44. The minimum atomic E-state index is 0.445. The van der Waals surface area contributed by atoms with E-state index in [1.807, 2.05) is 0 Å². The van der Waals surface area contributed by atoms with Crippen molar-refractivity contribution in [3.63, 3.8) is 0 Å². The van der Waals surface area contributed by atoms with Gasteiger partial charge >= 0.3 is 0 Å². The van der Waals surface area contributed by atoms with Crippen LogP contribution in [0.1, 0.15) is 45.2 Å². The van der Waals surface area contributed by atoms with E-state index in [9.17, 15) is 0 Å². The van der Waals surface area contributed by atoms with Crippen molar-refractivity contribution in [2.24, 2.45) is 5.92 Å². The van der Waals surface area contributed by atoms with Gasteiger partial charge in [-0.15, -0.1) is 0 Å². The van der Waals surface area contributed by atoms with E-state index < -0.39 is 0 Å². The van der Waals surface area contributed by atoms with Crippen molar-refractivity contribution in [2.45, 2.75) is 46.6 Å². The normalized spacial score (nSPS) is 13.4. The second-order valence-corrected chi connectivity index (χ2v) is 5.44. The number of hydrogen-bond acceptors (Lipinski definition) is 1. The highest BCUT2D eigenvalue weighted by molar-refractivity contribution is 5.50. The predicted octanol–water partition coefficient (Wildman–Crippen LogP) is 4.29. The first kappa shape index (κ1) is 15.0. The molecule has 0 heterocycles. The van der Waals surface area contributed by atoms with Crippen molar-refractivity contribution in [1.29, 1.82) is 0 Å². The summed E-state index contributed by atoms with van der Waals surface area (Å²) in [6, 6.07) is 9.34. The highest BCUT2D eigenvalue weighted by Gasteiger charge is 1.97. The third-order valence-electron chi connectivity index (χ3n) is 2.92. The molecule has 1 unspecified atom stereocenters. The molecule has 0 aliphatic carbocycles. The van der Waals surface area contributed by atoms with E-state index in [1.54, 1.807) is 0 Å². The first-order valence-corrected chi connectivity index (χ1v) is 7.12. The molecule has 0 fully saturated rings. The number of hydrogen-bond donors (Lipinski definition) is 1. The third kappa shape index (κ3) is 6.02. The quantitative estimate of drug-likeness (QED) is 0.756. The Kier molecular flexibility index (Phi) is 6.74. The fraction of sp³-hybridized carbons (Fsp3) is 0.529. The molecular formula is C17H27N. The van der Waals surface area contributed by atoms with Crippen molar-refractivity contribution in [2.75, 3.05) is 6.54 Å². The molecule has 0 saturated carbocycles. The van der Waals surface area contributed by atoms with Gasteiger partial charge in [0.25, 0.3) is 0 Å². The number of nitrogens with one attached hydrogen (secondary N) is 1. The lowest BCUT2D eigenvalue weighted by molar-refractivity contribution is 0.625. The van der Waals surface area contributed by atoms with Crippen molar-refractivity contribution in [3.05, 3.63) is 41.5 Å². The van der Waals surface area contributed by atoms with Gasteiger partial charge in [-0.1, -0.05) is 57.2 Å². The average Bonchev–Trinajstić information content (AvgIpc) is 2.35. The lowest BCUT2D eigenvalue weighted by Gasteiger charge is -2.08.